The molecule has 109 heavy (non-hydrogen) atoms. The van der Waals surface area contributed by atoms with Gasteiger partial charge in [-0.2, -0.15) is 60.0 Å². The zero-order chi connectivity index (χ0) is 83.3. The van der Waals surface area contributed by atoms with Crippen LogP contribution in [0.5, 0.6) is 23.0 Å². The first-order valence-electron chi connectivity index (χ1n) is 31.9. The molecule has 9 aromatic carbocycles. The molecule has 0 aliphatic rings. The number of Topliss-reactive ketones (excluding diaryl/α,β-unsaturated/α-hetero) is 1. The SMILES string of the molecule is CC(=O)c1ccccc1.CC(F)(F)C(F)(F)C(F)(F)S(=O)(=O)O.CCCCS(=O)(=O)O.COc1ccc(C(=O)c2ccc(C)cc2)cc1.COc1ccc(C(=O)c2ccc(C)cc2)cc1.COc1ccc(C(=O)c2ccc(C)cc2)cc1.COc1ccc(C(=O)c2ccc(C)cc2)cc1.CS(=O)(=O)O.CS(=O)(=O)O. The molecule has 0 saturated carbocycles. The second-order valence-electron chi connectivity index (χ2n) is 23.2. The Hall–Kier alpha value is -10.3. The standard InChI is InChI=1S/4C15H14O2.C8H8O.C4H4F6O3S.C4H10O3S.2CH4O3S/c4*1-11-3-5-12(6-4-11)15(16)13-7-9-14(17-2)10-8-13;1-7(9)8-5-3-2-4-6-8;1-2(5,6)3(7,8)4(9,10)14(11,12)13;1-2-3-4-8(5,6)7;2*1-5(2,3)4/h4*3-10H,1-2H3;2-6H,1H3;1H3,(H,11,12,13);2-4H2,1H3,(H,5,6,7);2*1H3,(H,2,3,4). The van der Waals surface area contributed by atoms with Crippen LogP contribution in [-0.4, -0.2) is 145 Å². The van der Waals surface area contributed by atoms with E-state index in [1.165, 1.54) is 0 Å². The van der Waals surface area contributed by atoms with Crippen molar-refractivity contribution >= 4 is 69.4 Å². The Labute approximate surface area is 631 Å². The largest absolute Gasteiger partial charge is 0.497 e. The number of unbranched alkanes of at least 4 members (excludes halogenated alkanes) is 1. The monoisotopic (exact) mass is 1600 g/mol. The van der Waals surface area contributed by atoms with Crippen molar-refractivity contribution in [2.24, 2.45) is 0 Å². The first-order chi connectivity index (χ1) is 50.4. The van der Waals surface area contributed by atoms with E-state index in [4.69, 9.17) is 37.2 Å². The van der Waals surface area contributed by atoms with Gasteiger partial charge in [-0.3, -0.25) is 42.2 Å². The van der Waals surface area contributed by atoms with E-state index < -0.39 is 64.5 Å². The Morgan fingerprint density at radius 3 is 0.661 bits per heavy atom. The van der Waals surface area contributed by atoms with Crippen molar-refractivity contribution in [3.05, 3.63) is 297 Å². The third-order valence-corrected chi connectivity index (χ3v) is 15.5. The van der Waals surface area contributed by atoms with E-state index >= 15 is 0 Å². The molecule has 0 atom stereocenters. The Bertz CT molecular complexity index is 4330. The summed E-state index contributed by atoms with van der Waals surface area (Å²) < 4.78 is 200. The zero-order valence-electron chi connectivity index (χ0n) is 61.6. The van der Waals surface area contributed by atoms with Gasteiger partial charge in [0.2, 0.25) is 0 Å². The molecule has 0 radical (unpaired) electrons. The van der Waals surface area contributed by atoms with Gasteiger partial charge in [-0.05, 0) is 138 Å². The molecule has 0 saturated heterocycles. The van der Waals surface area contributed by atoms with Crippen LogP contribution in [0, 0.1) is 27.7 Å². The molecule has 0 amide bonds. The third-order valence-electron chi connectivity index (χ3n) is 13.8. The van der Waals surface area contributed by atoms with Gasteiger partial charge < -0.3 is 18.9 Å². The van der Waals surface area contributed by atoms with E-state index in [1.54, 1.807) is 132 Å². The molecular formula is C78H86F6O21S4. The maximum Gasteiger partial charge on any atom is 0.437 e. The summed E-state index contributed by atoms with van der Waals surface area (Å²) in [7, 11) is -11.2. The smallest absolute Gasteiger partial charge is 0.437 e. The molecule has 9 rings (SSSR count). The topological polar surface area (TPSA) is 340 Å². The number of rotatable bonds is 19. The van der Waals surface area contributed by atoms with E-state index in [2.05, 4.69) is 0 Å². The quantitative estimate of drug-likeness (QED) is 0.0332. The molecule has 0 spiro atoms. The van der Waals surface area contributed by atoms with E-state index in [-0.39, 0.29) is 34.7 Å². The van der Waals surface area contributed by atoms with Crippen LogP contribution in [0.25, 0.3) is 0 Å². The molecule has 0 bridgehead atoms. The van der Waals surface area contributed by atoms with Gasteiger partial charge in [0.25, 0.3) is 30.4 Å². The molecule has 0 fully saturated rings. The lowest BCUT2D eigenvalue weighted by atomic mass is 10.0. The maximum absolute atomic E-state index is 12.2. The summed E-state index contributed by atoms with van der Waals surface area (Å²) in [4.78, 5) is 59.1. The number of benzene rings is 9. The molecule has 0 aliphatic carbocycles. The van der Waals surface area contributed by atoms with Gasteiger partial charge in [0, 0.05) is 57.0 Å². The summed E-state index contributed by atoms with van der Waals surface area (Å²) in [6.07, 6.45) is 2.76. The minimum absolute atomic E-state index is 0.0349. The lowest BCUT2D eigenvalue weighted by Gasteiger charge is -2.28. The summed E-state index contributed by atoms with van der Waals surface area (Å²) in [5.74, 6) is -8.30. The Morgan fingerprint density at radius 2 is 0.541 bits per heavy atom. The predicted molar refractivity (Wildman–Crippen MR) is 405 cm³/mol. The van der Waals surface area contributed by atoms with E-state index in [9.17, 15) is 84.0 Å². The van der Waals surface area contributed by atoms with Crippen molar-refractivity contribution in [1.82, 2.24) is 0 Å². The van der Waals surface area contributed by atoms with E-state index in [0.717, 1.165) is 57.2 Å². The van der Waals surface area contributed by atoms with E-state index in [1.807, 2.05) is 162 Å². The van der Waals surface area contributed by atoms with E-state index in [0.29, 0.717) is 63.4 Å². The first-order valence-corrected chi connectivity index (χ1v) is 38.7. The highest BCUT2D eigenvalue weighted by atomic mass is 32.2. The molecule has 0 unspecified atom stereocenters. The minimum Gasteiger partial charge on any atom is -0.497 e. The average molecular weight is 1600 g/mol. The van der Waals surface area contributed by atoms with Crippen LogP contribution in [0.3, 0.4) is 0 Å². The lowest BCUT2D eigenvalue weighted by molar-refractivity contribution is -0.273. The van der Waals surface area contributed by atoms with Crippen LogP contribution in [0.15, 0.2) is 224 Å². The zero-order valence-corrected chi connectivity index (χ0v) is 64.9. The second-order valence-corrected chi connectivity index (χ2v) is 29.1. The lowest BCUT2D eigenvalue weighted by Crippen LogP contribution is -2.56. The average Bonchev–Trinajstić information content (AvgIpc) is 0.751. The fourth-order valence-corrected chi connectivity index (χ4v) is 9.03. The molecule has 4 N–H and O–H groups in total. The molecule has 0 heterocycles. The number of carbonyl (C=O) groups is 5. The number of carbonyl (C=O) groups excluding carboxylic acids is 5. The van der Waals surface area contributed by atoms with Crippen molar-refractivity contribution in [3.8, 4) is 23.0 Å². The van der Waals surface area contributed by atoms with Crippen molar-refractivity contribution in [3.63, 3.8) is 0 Å². The number of aryl methyl sites for hydroxylation is 4. The van der Waals surface area contributed by atoms with Gasteiger partial charge in [-0.1, -0.05) is 163 Å². The highest BCUT2D eigenvalue weighted by Gasteiger charge is 2.75. The number of ketones is 5. The maximum atomic E-state index is 12.2. The van der Waals surface area contributed by atoms with Crippen molar-refractivity contribution in [2.75, 3.05) is 46.7 Å². The van der Waals surface area contributed by atoms with Crippen molar-refractivity contribution in [2.45, 2.75) is 78.4 Å². The molecule has 31 heteroatoms. The minimum atomic E-state index is -6.61. The number of hydrogen-bond donors (Lipinski definition) is 4. The van der Waals surface area contributed by atoms with Gasteiger partial charge in [0.05, 0.1) is 46.7 Å². The Kier molecular flexibility index (Phi) is 40.4. The fourth-order valence-electron chi connectivity index (χ4n) is 7.87. The number of halogens is 6. The summed E-state index contributed by atoms with van der Waals surface area (Å²) in [6, 6.07) is 68.1. The Morgan fingerprint density at radius 1 is 0.349 bits per heavy atom. The number of hydrogen-bond acceptors (Lipinski definition) is 17. The third kappa shape index (κ3) is 37.9. The Balaban J connectivity index is 0.000000630. The normalized spacial score (nSPS) is 10.9. The molecule has 21 nitrogen and oxygen atoms in total. The van der Waals surface area contributed by atoms with Gasteiger partial charge in [-0.25, -0.2) is 0 Å². The number of ether oxygens (including phenoxy) is 4. The summed E-state index contributed by atoms with van der Waals surface area (Å²) in [6.45, 7) is 10.8. The fraction of sp³-hybridized carbons (Fsp3) is 0.244. The van der Waals surface area contributed by atoms with Crippen LogP contribution in [-0.2, 0) is 40.5 Å². The second kappa shape index (κ2) is 45.5. The number of methoxy groups -OCH3 is 4. The molecule has 9 aromatic rings. The van der Waals surface area contributed by atoms with Crippen molar-refractivity contribution in [1.29, 1.82) is 0 Å². The van der Waals surface area contributed by atoms with Gasteiger partial charge in [-0.15, -0.1) is 0 Å². The highest BCUT2D eigenvalue weighted by Crippen LogP contribution is 2.47. The van der Waals surface area contributed by atoms with Crippen LogP contribution in [0.4, 0.5) is 26.3 Å². The van der Waals surface area contributed by atoms with Crippen LogP contribution in [0.1, 0.15) is 130 Å². The molecule has 590 valence electrons. The first kappa shape index (κ1) is 96.8. The summed E-state index contributed by atoms with van der Waals surface area (Å²) in [5.41, 5.74) is 10.9. The summed E-state index contributed by atoms with van der Waals surface area (Å²) in [5, 5.41) is -6.24. The molecule has 0 aromatic heterocycles. The van der Waals surface area contributed by atoms with Gasteiger partial charge in [0.1, 0.15) is 23.0 Å². The van der Waals surface area contributed by atoms with Gasteiger partial charge >= 0.3 is 27.2 Å². The van der Waals surface area contributed by atoms with Crippen LogP contribution < -0.4 is 18.9 Å². The van der Waals surface area contributed by atoms with Crippen molar-refractivity contribution < 1.29 is 121 Å². The van der Waals surface area contributed by atoms with Crippen LogP contribution in [0.2, 0.25) is 0 Å². The predicted octanol–water partition coefficient (Wildman–Crippen LogP) is 16.3. The highest BCUT2D eigenvalue weighted by molar-refractivity contribution is 7.87. The van der Waals surface area contributed by atoms with Gasteiger partial charge in [0.15, 0.2) is 28.9 Å². The summed E-state index contributed by atoms with van der Waals surface area (Å²) >= 11 is 0. The molecular weight excluding hydrogens is 1520 g/mol. The van der Waals surface area contributed by atoms with Crippen LogP contribution >= 0.6 is 0 Å². The molecule has 0 aliphatic heterocycles. The number of alkyl halides is 6.